The number of benzene rings is 2. The molecule has 0 fully saturated rings. The number of para-hydroxylation sites is 2. The molecule has 4 nitrogen and oxygen atoms in total. The number of carbonyl (C=O) groups is 1. The molecule has 220 valence electrons. The zero-order valence-corrected chi connectivity index (χ0v) is 25.6. The third-order valence-corrected chi connectivity index (χ3v) is 8.15. The number of nitrogens with zero attached hydrogens (tertiary/aromatic N) is 2. The molecular formula is C36H55N3O. The number of fused-ring (bicyclic) bond motifs is 1. The Kier molecular flexibility index (Phi) is 15.5. The second-order valence-corrected chi connectivity index (χ2v) is 11.7. The Balaban J connectivity index is 1.28. The van der Waals surface area contributed by atoms with Gasteiger partial charge in [-0.2, -0.15) is 0 Å². The zero-order chi connectivity index (χ0) is 28.3. The summed E-state index contributed by atoms with van der Waals surface area (Å²) in [5.74, 6) is 1.24. The van der Waals surface area contributed by atoms with E-state index < -0.39 is 0 Å². The minimum Gasteiger partial charge on any atom is -0.352 e. The van der Waals surface area contributed by atoms with Crippen molar-refractivity contribution in [3.05, 3.63) is 65.5 Å². The van der Waals surface area contributed by atoms with Crippen molar-refractivity contribution in [2.75, 3.05) is 6.54 Å². The maximum atomic E-state index is 12.3. The van der Waals surface area contributed by atoms with Gasteiger partial charge in [0.25, 0.3) is 5.91 Å². The highest BCUT2D eigenvalue weighted by atomic mass is 16.1. The van der Waals surface area contributed by atoms with Crippen molar-refractivity contribution in [3.63, 3.8) is 0 Å². The van der Waals surface area contributed by atoms with Crippen molar-refractivity contribution in [1.29, 1.82) is 0 Å². The lowest BCUT2D eigenvalue weighted by molar-refractivity contribution is 0.0953. The molecule has 0 saturated heterocycles. The summed E-state index contributed by atoms with van der Waals surface area (Å²) in [7, 11) is 0. The van der Waals surface area contributed by atoms with Gasteiger partial charge in [-0.25, -0.2) is 4.98 Å². The van der Waals surface area contributed by atoms with Crippen LogP contribution in [0.1, 0.15) is 138 Å². The van der Waals surface area contributed by atoms with Crippen molar-refractivity contribution in [1.82, 2.24) is 14.9 Å². The Morgan fingerprint density at radius 1 is 0.700 bits per heavy atom. The average Bonchev–Trinajstić information content (AvgIpc) is 3.32. The molecule has 3 aromatic rings. The van der Waals surface area contributed by atoms with Gasteiger partial charge in [0, 0.05) is 25.1 Å². The van der Waals surface area contributed by atoms with Crippen LogP contribution in [-0.2, 0) is 13.0 Å². The Hall–Kier alpha value is -2.62. The van der Waals surface area contributed by atoms with Crippen LogP contribution in [0.5, 0.6) is 0 Å². The summed E-state index contributed by atoms with van der Waals surface area (Å²) in [5, 5.41) is 3.06. The van der Waals surface area contributed by atoms with E-state index in [1.807, 2.05) is 31.2 Å². The van der Waals surface area contributed by atoms with Crippen molar-refractivity contribution in [2.24, 2.45) is 0 Å². The standard InChI is InChI=1S/C36H55N3O/c1-3-4-5-6-7-8-9-10-11-12-13-14-15-21-30-39-34-23-19-18-22-33(34)38-35(39)24-17-16-20-29-37-36(40)32-27-25-31(2)26-28-32/h18-19,22-23,25-28H,3-17,20-21,24,29-30H2,1-2H3,(H,37,40). The first-order valence-corrected chi connectivity index (χ1v) is 16.5. The molecule has 40 heavy (non-hydrogen) atoms. The predicted octanol–water partition coefficient (Wildman–Crippen LogP) is 9.97. The Morgan fingerprint density at radius 3 is 1.93 bits per heavy atom. The summed E-state index contributed by atoms with van der Waals surface area (Å²) in [6.45, 7) is 6.12. The monoisotopic (exact) mass is 545 g/mol. The number of rotatable bonds is 22. The largest absolute Gasteiger partial charge is 0.352 e. The van der Waals surface area contributed by atoms with E-state index in [1.54, 1.807) is 0 Å². The fraction of sp³-hybridized carbons (Fsp3) is 0.611. The molecule has 0 atom stereocenters. The van der Waals surface area contributed by atoms with Crippen molar-refractivity contribution in [3.8, 4) is 0 Å². The fourth-order valence-electron chi connectivity index (χ4n) is 5.62. The molecule has 0 saturated carbocycles. The minimum absolute atomic E-state index is 0.0231. The quantitative estimate of drug-likeness (QED) is 0.128. The summed E-state index contributed by atoms with van der Waals surface area (Å²) in [6, 6.07) is 16.3. The lowest BCUT2D eigenvalue weighted by atomic mass is 10.0. The van der Waals surface area contributed by atoms with Crippen LogP contribution in [0.3, 0.4) is 0 Å². The van der Waals surface area contributed by atoms with Crippen LogP contribution in [0.25, 0.3) is 11.0 Å². The molecule has 0 unspecified atom stereocenters. The van der Waals surface area contributed by atoms with Crippen LogP contribution in [0.2, 0.25) is 0 Å². The molecule has 0 aliphatic carbocycles. The summed E-state index contributed by atoms with van der Waals surface area (Å²) < 4.78 is 2.47. The Labute approximate surface area is 244 Å². The summed E-state index contributed by atoms with van der Waals surface area (Å²) in [6.07, 6.45) is 23.7. The van der Waals surface area contributed by atoms with Gasteiger partial charge in [0.05, 0.1) is 11.0 Å². The SMILES string of the molecule is CCCCCCCCCCCCCCCCn1c(CCCCCNC(=O)c2ccc(C)cc2)nc2ccccc21. The van der Waals surface area contributed by atoms with Gasteiger partial charge in [-0.15, -0.1) is 0 Å². The molecule has 3 rings (SSSR count). The molecule has 0 spiro atoms. The normalized spacial score (nSPS) is 11.3. The van der Waals surface area contributed by atoms with Gasteiger partial charge >= 0.3 is 0 Å². The lowest BCUT2D eigenvalue weighted by Crippen LogP contribution is -2.24. The average molecular weight is 546 g/mol. The topological polar surface area (TPSA) is 46.9 Å². The van der Waals surface area contributed by atoms with Gasteiger partial charge in [-0.1, -0.05) is 127 Å². The third kappa shape index (κ3) is 11.9. The van der Waals surface area contributed by atoms with E-state index in [2.05, 4.69) is 41.1 Å². The van der Waals surface area contributed by atoms with E-state index in [0.717, 1.165) is 49.9 Å². The van der Waals surface area contributed by atoms with E-state index in [-0.39, 0.29) is 5.91 Å². The number of carbonyl (C=O) groups excluding carboxylic acids is 1. The number of aryl methyl sites for hydroxylation is 3. The van der Waals surface area contributed by atoms with Gasteiger partial charge in [0.2, 0.25) is 0 Å². The van der Waals surface area contributed by atoms with E-state index >= 15 is 0 Å². The molecule has 4 heteroatoms. The number of unbranched alkanes of at least 4 members (excludes halogenated alkanes) is 15. The van der Waals surface area contributed by atoms with Gasteiger partial charge in [0.15, 0.2) is 0 Å². The molecule has 1 aromatic heterocycles. The molecule has 0 bridgehead atoms. The van der Waals surface area contributed by atoms with E-state index in [0.29, 0.717) is 0 Å². The van der Waals surface area contributed by atoms with Crippen LogP contribution < -0.4 is 5.32 Å². The smallest absolute Gasteiger partial charge is 0.251 e. The molecular weight excluding hydrogens is 490 g/mol. The first kappa shape index (κ1) is 31.9. The van der Waals surface area contributed by atoms with Crippen molar-refractivity contribution < 1.29 is 4.79 Å². The maximum Gasteiger partial charge on any atom is 0.251 e. The highest BCUT2D eigenvalue weighted by molar-refractivity contribution is 5.94. The first-order chi connectivity index (χ1) is 19.7. The molecule has 1 N–H and O–H groups in total. The summed E-state index contributed by atoms with van der Waals surface area (Å²) >= 11 is 0. The Bertz CT molecular complexity index is 1090. The fourth-order valence-corrected chi connectivity index (χ4v) is 5.62. The number of hydrogen-bond donors (Lipinski definition) is 1. The van der Waals surface area contributed by atoms with Crippen molar-refractivity contribution in [2.45, 2.75) is 136 Å². The zero-order valence-electron chi connectivity index (χ0n) is 25.6. The van der Waals surface area contributed by atoms with Crippen LogP contribution in [0, 0.1) is 6.92 Å². The van der Waals surface area contributed by atoms with E-state index in [4.69, 9.17) is 4.98 Å². The number of hydrogen-bond acceptors (Lipinski definition) is 2. The molecule has 1 heterocycles. The number of amides is 1. The number of nitrogens with one attached hydrogen (secondary N) is 1. The molecule has 1 amide bonds. The van der Waals surface area contributed by atoms with E-state index in [9.17, 15) is 4.79 Å². The Morgan fingerprint density at radius 2 is 1.27 bits per heavy atom. The van der Waals surface area contributed by atoms with Crippen molar-refractivity contribution >= 4 is 16.9 Å². The minimum atomic E-state index is 0.0231. The number of aromatic nitrogens is 2. The van der Waals surface area contributed by atoms with Gasteiger partial charge in [-0.05, 0) is 50.5 Å². The van der Waals surface area contributed by atoms with Gasteiger partial charge < -0.3 is 9.88 Å². The maximum absolute atomic E-state index is 12.3. The predicted molar refractivity (Wildman–Crippen MR) is 171 cm³/mol. The second-order valence-electron chi connectivity index (χ2n) is 11.7. The highest BCUT2D eigenvalue weighted by Crippen LogP contribution is 2.20. The van der Waals surface area contributed by atoms with Crippen LogP contribution >= 0.6 is 0 Å². The molecule has 0 aliphatic heterocycles. The summed E-state index contributed by atoms with van der Waals surface area (Å²) in [4.78, 5) is 17.3. The van der Waals surface area contributed by atoms with Gasteiger partial charge in [-0.3, -0.25) is 4.79 Å². The highest BCUT2D eigenvalue weighted by Gasteiger charge is 2.10. The molecule has 0 aliphatic rings. The van der Waals surface area contributed by atoms with Crippen LogP contribution in [-0.4, -0.2) is 22.0 Å². The van der Waals surface area contributed by atoms with Gasteiger partial charge in [0.1, 0.15) is 5.82 Å². The van der Waals surface area contributed by atoms with Crippen LogP contribution in [0.4, 0.5) is 0 Å². The first-order valence-electron chi connectivity index (χ1n) is 16.5. The van der Waals surface area contributed by atoms with E-state index in [1.165, 1.54) is 107 Å². The number of imidazole rings is 1. The molecule has 0 radical (unpaired) electrons. The lowest BCUT2D eigenvalue weighted by Gasteiger charge is -2.10. The van der Waals surface area contributed by atoms with Crippen LogP contribution in [0.15, 0.2) is 48.5 Å². The third-order valence-electron chi connectivity index (χ3n) is 8.15. The second kappa shape index (κ2) is 19.5. The molecule has 2 aromatic carbocycles. The summed E-state index contributed by atoms with van der Waals surface area (Å²) in [5.41, 5.74) is 4.31.